The van der Waals surface area contributed by atoms with Crippen LogP contribution in [0.15, 0.2) is 16.8 Å². The molecule has 1 aliphatic rings. The molecule has 0 radical (unpaired) electrons. The van der Waals surface area contributed by atoms with Gasteiger partial charge in [-0.2, -0.15) is 11.3 Å². The number of thiophene rings is 1. The van der Waals surface area contributed by atoms with Crippen LogP contribution in [0.4, 0.5) is 0 Å². The molecule has 2 unspecified atom stereocenters. The molecule has 0 saturated carbocycles. The lowest BCUT2D eigenvalue weighted by molar-refractivity contribution is 0.00847. The predicted molar refractivity (Wildman–Crippen MR) is 82.9 cm³/mol. The van der Waals surface area contributed by atoms with Gasteiger partial charge in [-0.3, -0.25) is 0 Å². The Kier molecular flexibility index (Phi) is 6.90. The van der Waals surface area contributed by atoms with E-state index in [1.165, 1.54) is 50.5 Å². The van der Waals surface area contributed by atoms with Gasteiger partial charge in [-0.1, -0.05) is 6.92 Å². The normalized spacial score (nSPS) is 21.4. The van der Waals surface area contributed by atoms with Gasteiger partial charge in [0.15, 0.2) is 0 Å². The molecule has 0 bridgehead atoms. The summed E-state index contributed by atoms with van der Waals surface area (Å²) in [4.78, 5) is 0. The summed E-state index contributed by atoms with van der Waals surface area (Å²) in [5.41, 5.74) is 1.49. The highest BCUT2D eigenvalue weighted by atomic mass is 32.1. The Labute approximate surface area is 121 Å². The van der Waals surface area contributed by atoms with E-state index in [4.69, 9.17) is 4.74 Å². The van der Waals surface area contributed by atoms with Gasteiger partial charge < -0.3 is 10.1 Å². The minimum atomic E-state index is 0.524. The first-order valence-corrected chi connectivity index (χ1v) is 8.69. The van der Waals surface area contributed by atoms with Crippen molar-refractivity contribution in [1.82, 2.24) is 5.32 Å². The molecule has 1 aromatic rings. The first-order chi connectivity index (χ1) is 9.38. The van der Waals surface area contributed by atoms with Crippen molar-refractivity contribution in [2.75, 3.05) is 13.2 Å². The molecule has 2 atom stereocenters. The highest BCUT2D eigenvalue weighted by molar-refractivity contribution is 7.07. The van der Waals surface area contributed by atoms with Gasteiger partial charge in [-0.25, -0.2) is 0 Å². The van der Waals surface area contributed by atoms with Gasteiger partial charge in [0.25, 0.3) is 0 Å². The quantitative estimate of drug-likeness (QED) is 0.777. The standard InChI is InChI=1S/C16H27NOS/c1-2-17-15(7-6-14-10-12-19-13-14)8-9-16-5-3-4-11-18-16/h10,12-13,15-17H,2-9,11H2,1H3. The lowest BCUT2D eigenvalue weighted by Crippen LogP contribution is -2.31. The van der Waals surface area contributed by atoms with Gasteiger partial charge >= 0.3 is 0 Å². The summed E-state index contributed by atoms with van der Waals surface area (Å²) in [6.45, 7) is 4.25. The minimum absolute atomic E-state index is 0.524. The maximum atomic E-state index is 5.83. The largest absolute Gasteiger partial charge is 0.378 e. The Balaban J connectivity index is 1.68. The molecule has 0 aromatic carbocycles. The van der Waals surface area contributed by atoms with E-state index in [2.05, 4.69) is 29.1 Å². The highest BCUT2D eigenvalue weighted by Gasteiger charge is 2.16. The van der Waals surface area contributed by atoms with E-state index >= 15 is 0 Å². The lowest BCUT2D eigenvalue weighted by atomic mass is 9.98. The van der Waals surface area contributed by atoms with Crippen molar-refractivity contribution in [2.45, 2.75) is 64.0 Å². The summed E-state index contributed by atoms with van der Waals surface area (Å²) >= 11 is 1.80. The van der Waals surface area contributed by atoms with E-state index in [1.54, 1.807) is 11.3 Å². The molecule has 0 spiro atoms. The smallest absolute Gasteiger partial charge is 0.0575 e. The molecule has 0 aliphatic carbocycles. The Morgan fingerprint density at radius 3 is 3.05 bits per heavy atom. The zero-order valence-corrected chi connectivity index (χ0v) is 12.9. The number of aryl methyl sites for hydroxylation is 1. The molecule has 19 heavy (non-hydrogen) atoms. The fourth-order valence-electron chi connectivity index (χ4n) is 2.84. The number of rotatable bonds is 8. The van der Waals surface area contributed by atoms with E-state index in [0.717, 1.165) is 13.2 Å². The fraction of sp³-hybridized carbons (Fsp3) is 0.750. The lowest BCUT2D eigenvalue weighted by Gasteiger charge is -2.25. The molecule has 1 aromatic heterocycles. The number of hydrogen-bond donors (Lipinski definition) is 1. The van der Waals surface area contributed by atoms with Crippen LogP contribution in [-0.4, -0.2) is 25.3 Å². The zero-order valence-electron chi connectivity index (χ0n) is 12.1. The zero-order chi connectivity index (χ0) is 13.3. The van der Waals surface area contributed by atoms with Crippen molar-refractivity contribution < 1.29 is 4.74 Å². The Morgan fingerprint density at radius 1 is 1.42 bits per heavy atom. The molecule has 1 aliphatic heterocycles. The van der Waals surface area contributed by atoms with Gasteiger partial charge in [0.1, 0.15) is 0 Å². The van der Waals surface area contributed by atoms with Gasteiger partial charge in [-0.15, -0.1) is 0 Å². The monoisotopic (exact) mass is 281 g/mol. The molecule has 0 amide bonds. The number of nitrogens with one attached hydrogen (secondary N) is 1. The molecule has 2 rings (SSSR count). The van der Waals surface area contributed by atoms with E-state index in [0.29, 0.717) is 12.1 Å². The first kappa shape index (κ1) is 15.0. The summed E-state index contributed by atoms with van der Waals surface area (Å²) in [6, 6.07) is 2.90. The van der Waals surface area contributed by atoms with Crippen molar-refractivity contribution in [3.8, 4) is 0 Å². The average Bonchev–Trinajstić information content (AvgIpc) is 2.96. The first-order valence-electron chi connectivity index (χ1n) is 7.74. The fourth-order valence-corrected chi connectivity index (χ4v) is 3.54. The maximum Gasteiger partial charge on any atom is 0.0575 e. The molecular weight excluding hydrogens is 254 g/mol. The average molecular weight is 281 g/mol. The van der Waals surface area contributed by atoms with E-state index in [-0.39, 0.29) is 0 Å². The van der Waals surface area contributed by atoms with Crippen molar-refractivity contribution in [3.05, 3.63) is 22.4 Å². The summed E-state index contributed by atoms with van der Waals surface area (Å²) < 4.78 is 5.83. The Hall–Kier alpha value is -0.380. The predicted octanol–water partition coefficient (Wildman–Crippen LogP) is 4.01. The SMILES string of the molecule is CCNC(CCc1ccsc1)CCC1CCCCO1. The topological polar surface area (TPSA) is 21.3 Å². The van der Waals surface area contributed by atoms with Crippen molar-refractivity contribution >= 4 is 11.3 Å². The van der Waals surface area contributed by atoms with Crippen LogP contribution in [0.5, 0.6) is 0 Å². The summed E-state index contributed by atoms with van der Waals surface area (Å²) in [5.74, 6) is 0. The number of hydrogen-bond acceptors (Lipinski definition) is 3. The molecule has 2 nitrogen and oxygen atoms in total. The van der Waals surface area contributed by atoms with Crippen LogP contribution in [0, 0.1) is 0 Å². The van der Waals surface area contributed by atoms with Gasteiger partial charge in [0, 0.05) is 12.6 Å². The third kappa shape index (κ3) is 5.64. The van der Waals surface area contributed by atoms with E-state index < -0.39 is 0 Å². The molecule has 1 N–H and O–H groups in total. The van der Waals surface area contributed by atoms with Crippen LogP contribution in [-0.2, 0) is 11.2 Å². The third-order valence-corrected chi connectivity index (χ3v) is 4.70. The van der Waals surface area contributed by atoms with Crippen LogP contribution in [0.1, 0.15) is 51.0 Å². The van der Waals surface area contributed by atoms with E-state index in [9.17, 15) is 0 Å². The summed E-state index contributed by atoms with van der Waals surface area (Å²) in [6.07, 6.45) is 9.32. The van der Waals surface area contributed by atoms with Gasteiger partial charge in [0.2, 0.25) is 0 Å². The Morgan fingerprint density at radius 2 is 2.37 bits per heavy atom. The second-order valence-corrected chi connectivity index (χ2v) is 6.27. The van der Waals surface area contributed by atoms with E-state index in [1.807, 2.05) is 0 Å². The summed E-state index contributed by atoms with van der Waals surface area (Å²) in [7, 11) is 0. The van der Waals surface area contributed by atoms with Crippen LogP contribution in [0.2, 0.25) is 0 Å². The third-order valence-electron chi connectivity index (χ3n) is 3.97. The van der Waals surface area contributed by atoms with Crippen LogP contribution >= 0.6 is 11.3 Å². The van der Waals surface area contributed by atoms with Crippen LogP contribution in [0.25, 0.3) is 0 Å². The second-order valence-electron chi connectivity index (χ2n) is 5.49. The van der Waals surface area contributed by atoms with Gasteiger partial charge in [0.05, 0.1) is 6.10 Å². The summed E-state index contributed by atoms with van der Waals surface area (Å²) in [5, 5.41) is 8.08. The van der Waals surface area contributed by atoms with Crippen molar-refractivity contribution in [2.24, 2.45) is 0 Å². The molecule has 1 saturated heterocycles. The van der Waals surface area contributed by atoms with Crippen molar-refractivity contribution in [3.63, 3.8) is 0 Å². The van der Waals surface area contributed by atoms with Crippen LogP contribution in [0.3, 0.4) is 0 Å². The van der Waals surface area contributed by atoms with Crippen molar-refractivity contribution in [1.29, 1.82) is 0 Å². The van der Waals surface area contributed by atoms with Gasteiger partial charge in [-0.05, 0) is 73.9 Å². The number of ether oxygens (including phenoxy) is 1. The maximum absolute atomic E-state index is 5.83. The molecule has 108 valence electrons. The van der Waals surface area contributed by atoms with Crippen LogP contribution < -0.4 is 5.32 Å². The Bertz CT molecular complexity index is 319. The highest BCUT2D eigenvalue weighted by Crippen LogP contribution is 2.19. The minimum Gasteiger partial charge on any atom is -0.378 e. The molecular formula is C16H27NOS. The molecule has 2 heterocycles. The second kappa shape index (κ2) is 8.72. The molecule has 1 fully saturated rings. The molecule has 3 heteroatoms.